The standard InChI is InChI=1S/C17H21N3O2/c1-11(2)16-18-13-8-4-3-7-12(13)17(22)20(16)19-14-9-5-6-10-15(14)21/h3-4,6-8,10-11,14-15,19,21H,5,9H2,1-2H3/t14-,15+/m1/s1. The van der Waals surface area contributed by atoms with Gasteiger partial charge in [0.1, 0.15) is 5.82 Å². The minimum absolute atomic E-state index is 0.0982. The van der Waals surface area contributed by atoms with Gasteiger partial charge in [-0.05, 0) is 25.0 Å². The second kappa shape index (κ2) is 5.93. The molecule has 0 amide bonds. The number of aliphatic hydroxyl groups excluding tert-OH is 1. The normalized spacial score (nSPS) is 21.5. The van der Waals surface area contributed by atoms with Gasteiger partial charge in [0.05, 0.1) is 23.0 Å². The zero-order chi connectivity index (χ0) is 15.7. The highest BCUT2D eigenvalue weighted by atomic mass is 16.3. The first-order valence-electron chi connectivity index (χ1n) is 7.71. The average molecular weight is 299 g/mol. The number of aromatic nitrogens is 2. The summed E-state index contributed by atoms with van der Waals surface area (Å²) in [5.41, 5.74) is 3.77. The molecule has 1 aliphatic rings. The molecule has 1 aromatic heterocycles. The molecule has 0 unspecified atom stereocenters. The predicted molar refractivity (Wildman–Crippen MR) is 87.6 cm³/mol. The zero-order valence-electron chi connectivity index (χ0n) is 12.9. The van der Waals surface area contributed by atoms with E-state index in [9.17, 15) is 9.90 Å². The summed E-state index contributed by atoms with van der Waals surface area (Å²) in [4.78, 5) is 17.4. The molecule has 0 fully saturated rings. The Balaban J connectivity index is 2.10. The molecule has 116 valence electrons. The van der Waals surface area contributed by atoms with E-state index < -0.39 is 6.10 Å². The van der Waals surface area contributed by atoms with E-state index in [1.165, 1.54) is 4.68 Å². The maximum atomic E-state index is 12.8. The molecule has 0 radical (unpaired) electrons. The van der Waals surface area contributed by atoms with Gasteiger partial charge in [-0.3, -0.25) is 4.79 Å². The number of fused-ring (bicyclic) bond motifs is 1. The van der Waals surface area contributed by atoms with Crippen LogP contribution >= 0.6 is 0 Å². The number of allylic oxidation sites excluding steroid dienone is 1. The maximum absolute atomic E-state index is 12.8. The average Bonchev–Trinajstić information content (AvgIpc) is 2.51. The van der Waals surface area contributed by atoms with Crippen LogP contribution in [-0.4, -0.2) is 26.9 Å². The van der Waals surface area contributed by atoms with Crippen LogP contribution in [0.25, 0.3) is 10.9 Å². The lowest BCUT2D eigenvalue weighted by Gasteiger charge is -2.28. The van der Waals surface area contributed by atoms with Crippen molar-refractivity contribution < 1.29 is 5.11 Å². The summed E-state index contributed by atoms with van der Waals surface area (Å²) >= 11 is 0. The molecule has 0 spiro atoms. The summed E-state index contributed by atoms with van der Waals surface area (Å²) in [5.74, 6) is 0.784. The Bertz CT molecular complexity index is 764. The minimum Gasteiger partial charge on any atom is -0.387 e. The highest BCUT2D eigenvalue weighted by molar-refractivity contribution is 5.77. The number of benzene rings is 1. The van der Waals surface area contributed by atoms with Crippen LogP contribution in [0.1, 0.15) is 38.4 Å². The first-order valence-corrected chi connectivity index (χ1v) is 7.71. The number of aliphatic hydroxyl groups is 1. The van der Waals surface area contributed by atoms with E-state index >= 15 is 0 Å². The van der Waals surface area contributed by atoms with Crippen LogP contribution in [0.15, 0.2) is 41.2 Å². The highest BCUT2D eigenvalue weighted by Crippen LogP contribution is 2.17. The fourth-order valence-corrected chi connectivity index (χ4v) is 2.79. The van der Waals surface area contributed by atoms with E-state index in [0.29, 0.717) is 16.7 Å². The first kappa shape index (κ1) is 14.8. The monoisotopic (exact) mass is 299 g/mol. The van der Waals surface area contributed by atoms with E-state index in [2.05, 4.69) is 10.4 Å². The maximum Gasteiger partial charge on any atom is 0.279 e. The molecular formula is C17H21N3O2. The van der Waals surface area contributed by atoms with Crippen molar-refractivity contribution in [3.63, 3.8) is 0 Å². The van der Waals surface area contributed by atoms with Crippen molar-refractivity contribution in [1.29, 1.82) is 0 Å². The highest BCUT2D eigenvalue weighted by Gasteiger charge is 2.22. The summed E-state index contributed by atoms with van der Waals surface area (Å²) in [7, 11) is 0. The molecule has 5 heteroatoms. The van der Waals surface area contributed by atoms with Crippen LogP contribution in [0.4, 0.5) is 0 Å². The second-order valence-electron chi connectivity index (χ2n) is 6.01. The lowest BCUT2D eigenvalue weighted by Crippen LogP contribution is -2.44. The Morgan fingerprint density at radius 1 is 1.36 bits per heavy atom. The van der Waals surface area contributed by atoms with Crippen LogP contribution in [0.3, 0.4) is 0 Å². The van der Waals surface area contributed by atoms with Crippen molar-refractivity contribution in [2.75, 3.05) is 5.43 Å². The summed E-state index contributed by atoms with van der Waals surface area (Å²) in [5, 5.41) is 10.7. The van der Waals surface area contributed by atoms with Crippen molar-refractivity contribution in [1.82, 2.24) is 9.66 Å². The van der Waals surface area contributed by atoms with Crippen molar-refractivity contribution >= 4 is 10.9 Å². The summed E-state index contributed by atoms with van der Waals surface area (Å²) in [6, 6.07) is 7.17. The van der Waals surface area contributed by atoms with Gasteiger partial charge in [0.2, 0.25) is 0 Å². The van der Waals surface area contributed by atoms with E-state index in [1.807, 2.05) is 38.1 Å². The smallest absolute Gasteiger partial charge is 0.279 e. The van der Waals surface area contributed by atoms with Gasteiger partial charge in [-0.1, -0.05) is 38.1 Å². The van der Waals surface area contributed by atoms with Gasteiger partial charge in [-0.2, -0.15) is 0 Å². The topological polar surface area (TPSA) is 67.2 Å². The summed E-state index contributed by atoms with van der Waals surface area (Å²) < 4.78 is 1.51. The lowest BCUT2D eigenvalue weighted by molar-refractivity contribution is 0.182. The number of nitrogens with zero attached hydrogens (tertiary/aromatic N) is 2. The number of rotatable bonds is 3. The molecule has 1 aliphatic carbocycles. The van der Waals surface area contributed by atoms with Crippen molar-refractivity contribution in [3.8, 4) is 0 Å². The van der Waals surface area contributed by atoms with Gasteiger partial charge in [-0.25, -0.2) is 9.66 Å². The number of hydrogen-bond acceptors (Lipinski definition) is 4. The molecule has 2 atom stereocenters. The van der Waals surface area contributed by atoms with Crippen molar-refractivity contribution in [2.45, 2.75) is 44.8 Å². The van der Waals surface area contributed by atoms with Gasteiger partial charge in [0, 0.05) is 5.92 Å². The van der Waals surface area contributed by atoms with Crippen LogP contribution < -0.4 is 11.0 Å². The molecule has 2 N–H and O–H groups in total. The number of hydrogen-bond donors (Lipinski definition) is 2. The third kappa shape index (κ3) is 2.64. The van der Waals surface area contributed by atoms with Crippen molar-refractivity contribution in [2.24, 2.45) is 0 Å². The molecule has 22 heavy (non-hydrogen) atoms. The Morgan fingerprint density at radius 2 is 2.14 bits per heavy atom. The molecule has 3 rings (SSSR count). The minimum atomic E-state index is -0.591. The molecule has 1 heterocycles. The molecule has 2 aromatic rings. The van der Waals surface area contributed by atoms with Gasteiger partial charge >= 0.3 is 0 Å². The summed E-state index contributed by atoms with van der Waals surface area (Å²) in [6.07, 6.45) is 4.83. The number of nitrogens with one attached hydrogen (secondary N) is 1. The number of para-hydroxylation sites is 1. The third-order valence-electron chi connectivity index (χ3n) is 4.00. The predicted octanol–water partition coefficient (Wildman–Crippen LogP) is 2.14. The fraction of sp³-hybridized carbons (Fsp3) is 0.412. The summed E-state index contributed by atoms with van der Waals surface area (Å²) in [6.45, 7) is 4.01. The Morgan fingerprint density at radius 3 is 2.86 bits per heavy atom. The first-order chi connectivity index (χ1) is 10.6. The fourth-order valence-electron chi connectivity index (χ4n) is 2.79. The van der Waals surface area contributed by atoms with E-state index in [-0.39, 0.29) is 17.5 Å². The molecule has 0 saturated carbocycles. The largest absolute Gasteiger partial charge is 0.387 e. The SMILES string of the molecule is CC(C)c1nc2ccccc2c(=O)n1N[C@@H]1CCC=C[C@@H]1O. The lowest BCUT2D eigenvalue weighted by atomic mass is 10.00. The Labute approximate surface area is 129 Å². The molecule has 0 bridgehead atoms. The molecular weight excluding hydrogens is 278 g/mol. The van der Waals surface area contributed by atoms with Gasteiger partial charge in [0.15, 0.2) is 0 Å². The second-order valence-corrected chi connectivity index (χ2v) is 6.01. The zero-order valence-corrected chi connectivity index (χ0v) is 12.9. The van der Waals surface area contributed by atoms with Crippen molar-refractivity contribution in [3.05, 3.63) is 52.6 Å². The van der Waals surface area contributed by atoms with Gasteiger partial charge in [-0.15, -0.1) is 0 Å². The molecule has 0 aliphatic heterocycles. The van der Waals surface area contributed by atoms with Crippen LogP contribution in [0, 0.1) is 0 Å². The molecule has 0 saturated heterocycles. The van der Waals surface area contributed by atoms with Gasteiger partial charge < -0.3 is 10.5 Å². The molecule has 5 nitrogen and oxygen atoms in total. The van der Waals surface area contributed by atoms with Crippen LogP contribution in [0.2, 0.25) is 0 Å². The van der Waals surface area contributed by atoms with Crippen LogP contribution in [-0.2, 0) is 0 Å². The van der Waals surface area contributed by atoms with Crippen LogP contribution in [0.5, 0.6) is 0 Å². The third-order valence-corrected chi connectivity index (χ3v) is 4.00. The molecule has 1 aromatic carbocycles. The van der Waals surface area contributed by atoms with E-state index in [4.69, 9.17) is 0 Å². The Kier molecular flexibility index (Phi) is 3.98. The van der Waals surface area contributed by atoms with E-state index in [1.54, 1.807) is 12.1 Å². The van der Waals surface area contributed by atoms with E-state index in [0.717, 1.165) is 12.8 Å². The Hall–Kier alpha value is -2.14. The quantitative estimate of drug-likeness (QED) is 0.852. The van der Waals surface area contributed by atoms with Gasteiger partial charge in [0.25, 0.3) is 5.56 Å².